The van der Waals surface area contributed by atoms with Crippen LogP contribution in [0.4, 0.5) is 5.95 Å². The van der Waals surface area contributed by atoms with Crippen molar-refractivity contribution < 1.29 is 9.47 Å². The van der Waals surface area contributed by atoms with Crippen LogP contribution in [0.1, 0.15) is 20.8 Å². The lowest BCUT2D eigenvalue weighted by Crippen LogP contribution is -2.09. The van der Waals surface area contributed by atoms with Gasteiger partial charge in [-0.25, -0.2) is 0 Å². The highest BCUT2D eigenvalue weighted by molar-refractivity contribution is 5.65. The molecule has 0 atom stereocenters. The Hall–Kier alpha value is -2.37. The number of ether oxygens (including phenoxy) is 2. The number of nitrogens with one attached hydrogen (secondary N) is 1. The third-order valence-electron chi connectivity index (χ3n) is 2.62. The summed E-state index contributed by atoms with van der Waals surface area (Å²) < 4.78 is 11.0. The normalized spacial score (nSPS) is 10.5. The molecule has 1 N–H and O–H groups in total. The molecular formula is C15H20N4O2. The van der Waals surface area contributed by atoms with Gasteiger partial charge in [0, 0.05) is 6.54 Å². The minimum Gasteiger partial charge on any atom is -0.490 e. The Bertz CT molecular complexity index is 602. The van der Waals surface area contributed by atoms with E-state index in [1.165, 1.54) is 7.11 Å². The van der Waals surface area contributed by atoms with Crippen molar-refractivity contribution in [3.8, 4) is 23.1 Å². The largest absolute Gasteiger partial charge is 0.490 e. The van der Waals surface area contributed by atoms with Gasteiger partial charge in [-0.3, -0.25) is 0 Å². The van der Waals surface area contributed by atoms with E-state index in [1.54, 1.807) is 0 Å². The molecule has 112 valence electrons. The third kappa shape index (κ3) is 3.81. The second kappa shape index (κ2) is 6.88. The highest BCUT2D eigenvalue weighted by atomic mass is 16.5. The number of hydrogen-bond donors (Lipinski definition) is 1. The van der Waals surface area contributed by atoms with E-state index in [0.29, 0.717) is 11.8 Å². The van der Waals surface area contributed by atoms with E-state index in [0.717, 1.165) is 17.9 Å². The van der Waals surface area contributed by atoms with Crippen LogP contribution in [-0.4, -0.2) is 34.7 Å². The number of benzene rings is 1. The van der Waals surface area contributed by atoms with E-state index in [4.69, 9.17) is 9.47 Å². The van der Waals surface area contributed by atoms with Crippen molar-refractivity contribution in [2.24, 2.45) is 0 Å². The molecule has 0 aliphatic carbocycles. The highest BCUT2D eigenvalue weighted by Gasteiger charge is 2.13. The van der Waals surface area contributed by atoms with Crippen LogP contribution in [0.3, 0.4) is 0 Å². The number of para-hydroxylation sites is 1. The van der Waals surface area contributed by atoms with Crippen molar-refractivity contribution in [3.05, 3.63) is 24.3 Å². The van der Waals surface area contributed by atoms with E-state index < -0.39 is 0 Å². The minimum atomic E-state index is 0.0723. The maximum atomic E-state index is 5.81. The van der Waals surface area contributed by atoms with Gasteiger partial charge in [0.2, 0.25) is 5.95 Å². The smallest absolute Gasteiger partial charge is 0.321 e. The Kier molecular flexibility index (Phi) is 4.92. The number of anilines is 1. The summed E-state index contributed by atoms with van der Waals surface area (Å²) >= 11 is 0. The average Bonchev–Trinajstić information content (AvgIpc) is 2.47. The van der Waals surface area contributed by atoms with E-state index in [9.17, 15) is 0 Å². The van der Waals surface area contributed by atoms with Crippen LogP contribution in [0.15, 0.2) is 24.3 Å². The molecule has 6 nitrogen and oxygen atoms in total. The van der Waals surface area contributed by atoms with Crippen LogP contribution in [0.5, 0.6) is 11.8 Å². The second-order valence-corrected chi connectivity index (χ2v) is 4.66. The first-order valence-electron chi connectivity index (χ1n) is 6.94. The summed E-state index contributed by atoms with van der Waals surface area (Å²) in [5.74, 6) is 1.75. The highest BCUT2D eigenvalue weighted by Crippen LogP contribution is 2.29. The summed E-state index contributed by atoms with van der Waals surface area (Å²) in [6.07, 6.45) is 0.0723. The summed E-state index contributed by atoms with van der Waals surface area (Å²) in [4.78, 5) is 12.9. The number of nitrogens with zero attached hydrogens (tertiary/aromatic N) is 3. The van der Waals surface area contributed by atoms with Gasteiger partial charge in [0.15, 0.2) is 5.82 Å². The molecule has 0 unspecified atom stereocenters. The Morgan fingerprint density at radius 1 is 1.14 bits per heavy atom. The van der Waals surface area contributed by atoms with Crippen LogP contribution in [0.25, 0.3) is 11.4 Å². The molecule has 2 rings (SSSR count). The van der Waals surface area contributed by atoms with Crippen molar-refractivity contribution in [3.63, 3.8) is 0 Å². The van der Waals surface area contributed by atoms with Crippen LogP contribution >= 0.6 is 0 Å². The predicted molar refractivity (Wildman–Crippen MR) is 81.7 cm³/mol. The Labute approximate surface area is 124 Å². The third-order valence-corrected chi connectivity index (χ3v) is 2.62. The van der Waals surface area contributed by atoms with Crippen molar-refractivity contribution >= 4 is 5.95 Å². The summed E-state index contributed by atoms with van der Waals surface area (Å²) in [5.41, 5.74) is 0.811. The van der Waals surface area contributed by atoms with Gasteiger partial charge >= 0.3 is 6.01 Å². The molecule has 0 radical (unpaired) electrons. The first-order valence-corrected chi connectivity index (χ1v) is 6.94. The maximum Gasteiger partial charge on any atom is 0.321 e. The molecule has 0 amide bonds. The Morgan fingerprint density at radius 2 is 1.90 bits per heavy atom. The molecule has 0 saturated carbocycles. The molecule has 0 aliphatic heterocycles. The molecule has 0 saturated heterocycles. The number of methoxy groups -OCH3 is 1. The molecule has 0 aliphatic rings. The molecule has 2 aromatic rings. The van der Waals surface area contributed by atoms with Crippen molar-refractivity contribution in [2.75, 3.05) is 19.0 Å². The van der Waals surface area contributed by atoms with Crippen LogP contribution < -0.4 is 14.8 Å². The van der Waals surface area contributed by atoms with Crippen LogP contribution in [-0.2, 0) is 0 Å². The van der Waals surface area contributed by atoms with E-state index in [1.807, 2.05) is 45.0 Å². The lowest BCUT2D eigenvalue weighted by molar-refractivity contribution is 0.243. The van der Waals surface area contributed by atoms with Gasteiger partial charge in [-0.2, -0.15) is 15.0 Å². The predicted octanol–water partition coefficient (Wildman–Crippen LogP) is 2.77. The zero-order valence-electron chi connectivity index (χ0n) is 12.8. The van der Waals surface area contributed by atoms with Gasteiger partial charge in [0.25, 0.3) is 0 Å². The van der Waals surface area contributed by atoms with Crippen molar-refractivity contribution in [2.45, 2.75) is 26.9 Å². The lowest BCUT2D eigenvalue weighted by atomic mass is 10.2. The number of aromatic nitrogens is 3. The van der Waals surface area contributed by atoms with Crippen molar-refractivity contribution in [1.29, 1.82) is 0 Å². The molecule has 1 heterocycles. The number of rotatable bonds is 6. The number of hydrogen-bond acceptors (Lipinski definition) is 6. The summed E-state index contributed by atoms with van der Waals surface area (Å²) in [5, 5.41) is 3.07. The zero-order valence-corrected chi connectivity index (χ0v) is 12.8. The monoisotopic (exact) mass is 288 g/mol. The van der Waals surface area contributed by atoms with Crippen molar-refractivity contribution in [1.82, 2.24) is 15.0 Å². The van der Waals surface area contributed by atoms with Gasteiger partial charge in [-0.05, 0) is 32.9 Å². The summed E-state index contributed by atoms with van der Waals surface area (Å²) in [6.45, 7) is 6.66. The van der Waals surface area contributed by atoms with Gasteiger partial charge in [0.05, 0.1) is 18.8 Å². The second-order valence-electron chi connectivity index (χ2n) is 4.66. The quantitative estimate of drug-likeness (QED) is 0.881. The lowest BCUT2D eigenvalue weighted by Gasteiger charge is -2.14. The fraction of sp³-hybridized carbons (Fsp3) is 0.400. The topological polar surface area (TPSA) is 69.2 Å². The molecule has 21 heavy (non-hydrogen) atoms. The molecule has 0 spiro atoms. The molecule has 0 bridgehead atoms. The summed E-state index contributed by atoms with van der Waals surface area (Å²) in [6, 6.07) is 7.94. The van der Waals surface area contributed by atoms with Crippen LogP contribution in [0, 0.1) is 0 Å². The first-order chi connectivity index (χ1) is 10.1. The first kappa shape index (κ1) is 15.0. The van der Waals surface area contributed by atoms with Gasteiger partial charge < -0.3 is 14.8 Å². The maximum absolute atomic E-state index is 5.81. The Balaban J connectivity index is 2.47. The molecule has 1 aromatic heterocycles. The van der Waals surface area contributed by atoms with Gasteiger partial charge in [0.1, 0.15) is 5.75 Å². The van der Waals surface area contributed by atoms with Gasteiger partial charge in [-0.1, -0.05) is 12.1 Å². The minimum absolute atomic E-state index is 0.0723. The standard InChI is InChI=1S/C15H20N4O2/c1-5-16-14-17-13(18-15(19-14)20-4)11-8-6-7-9-12(11)21-10(2)3/h6-10H,5H2,1-4H3,(H,16,17,18,19). The fourth-order valence-electron chi connectivity index (χ4n) is 1.81. The van der Waals surface area contributed by atoms with Crippen LogP contribution in [0.2, 0.25) is 0 Å². The Morgan fingerprint density at radius 3 is 2.57 bits per heavy atom. The molecule has 1 aromatic carbocycles. The zero-order chi connectivity index (χ0) is 15.2. The van der Waals surface area contributed by atoms with Gasteiger partial charge in [-0.15, -0.1) is 0 Å². The van der Waals surface area contributed by atoms with E-state index in [-0.39, 0.29) is 12.1 Å². The average molecular weight is 288 g/mol. The molecule has 6 heteroatoms. The fourth-order valence-corrected chi connectivity index (χ4v) is 1.81. The molecule has 0 fully saturated rings. The summed E-state index contributed by atoms with van der Waals surface area (Å²) in [7, 11) is 1.53. The molecular weight excluding hydrogens is 268 g/mol. The van der Waals surface area contributed by atoms with E-state index >= 15 is 0 Å². The van der Waals surface area contributed by atoms with E-state index in [2.05, 4.69) is 20.3 Å². The SMILES string of the molecule is CCNc1nc(OC)nc(-c2ccccc2OC(C)C)n1.